The average Bonchev–Trinajstić information content (AvgIpc) is 2.57. The second-order valence-electron chi connectivity index (χ2n) is 2.26. The van der Waals surface area contributed by atoms with Crippen molar-refractivity contribution in [2.24, 2.45) is 0 Å². The fraction of sp³-hybridized carbons (Fsp3) is 0.125. The maximum Gasteiger partial charge on any atom is 0.284 e. The van der Waals surface area contributed by atoms with Gasteiger partial charge in [-0.25, -0.2) is 4.98 Å². The monoisotopic (exact) mass is 164 g/mol. The second kappa shape index (κ2) is 2.83. The van der Waals surface area contributed by atoms with Crippen molar-refractivity contribution in [1.29, 1.82) is 0 Å². The third-order valence-electron chi connectivity index (χ3n) is 1.51. The Hall–Kier alpha value is -1.55. The van der Waals surface area contributed by atoms with Crippen LogP contribution < -0.4 is 0 Å². The van der Waals surface area contributed by atoms with E-state index in [1.807, 2.05) is 0 Å². The molecular formula is C8H6NO3. The quantitative estimate of drug-likeness (QED) is 0.664. The van der Waals surface area contributed by atoms with Crippen molar-refractivity contribution in [3.63, 3.8) is 0 Å². The van der Waals surface area contributed by atoms with E-state index in [0.29, 0.717) is 11.3 Å². The Morgan fingerprint density at radius 1 is 1.58 bits per heavy atom. The van der Waals surface area contributed by atoms with Gasteiger partial charge >= 0.3 is 0 Å². The number of oxazole rings is 1. The van der Waals surface area contributed by atoms with Crippen molar-refractivity contribution in [2.45, 2.75) is 6.29 Å². The summed E-state index contributed by atoms with van der Waals surface area (Å²) in [6.07, 6.45) is 7.53. The van der Waals surface area contributed by atoms with Crippen LogP contribution in [0.1, 0.15) is 5.69 Å². The van der Waals surface area contributed by atoms with Crippen LogP contribution in [0.2, 0.25) is 0 Å². The molecule has 0 bridgehead atoms. The molecule has 61 valence electrons. The lowest BCUT2D eigenvalue weighted by atomic mass is 10.1. The normalized spacial score (nSPS) is 21.8. The van der Waals surface area contributed by atoms with Crippen LogP contribution in [-0.4, -0.2) is 16.4 Å². The zero-order valence-corrected chi connectivity index (χ0v) is 6.10. The van der Waals surface area contributed by atoms with Gasteiger partial charge in [-0.15, -0.1) is 0 Å². The Morgan fingerprint density at radius 3 is 3.17 bits per heavy atom. The molecule has 0 saturated carbocycles. The number of aromatic nitrogens is 1. The molecule has 1 N–H and O–H groups in total. The van der Waals surface area contributed by atoms with E-state index in [0.717, 1.165) is 0 Å². The van der Waals surface area contributed by atoms with E-state index >= 15 is 0 Å². The van der Waals surface area contributed by atoms with Gasteiger partial charge in [0.25, 0.3) is 6.39 Å². The van der Waals surface area contributed by atoms with E-state index in [1.54, 1.807) is 12.2 Å². The number of aliphatic hydroxyl groups excluding tert-OH is 1. The highest BCUT2D eigenvalue weighted by atomic mass is 16.6. The van der Waals surface area contributed by atoms with Crippen molar-refractivity contribution in [3.05, 3.63) is 36.8 Å². The van der Waals surface area contributed by atoms with Crippen molar-refractivity contribution in [1.82, 2.24) is 4.98 Å². The minimum atomic E-state index is -0.964. The van der Waals surface area contributed by atoms with Crippen LogP contribution >= 0.6 is 0 Å². The number of hydrogen-bond acceptors (Lipinski definition) is 4. The number of rotatable bonds is 1. The Bertz CT molecular complexity index is 313. The number of allylic oxidation sites excluding steroid dienone is 2. The molecule has 0 fully saturated rings. The first-order valence-electron chi connectivity index (χ1n) is 3.40. The van der Waals surface area contributed by atoms with Crippen LogP contribution in [0.15, 0.2) is 29.1 Å². The van der Waals surface area contributed by atoms with Gasteiger partial charge in [-0.1, -0.05) is 0 Å². The molecule has 0 aliphatic carbocycles. The molecular weight excluding hydrogens is 158 g/mol. The zero-order valence-electron chi connectivity index (χ0n) is 6.10. The molecule has 1 unspecified atom stereocenters. The minimum Gasteiger partial charge on any atom is -0.468 e. The second-order valence-corrected chi connectivity index (χ2v) is 2.26. The number of aliphatic hydroxyl groups is 1. The van der Waals surface area contributed by atoms with Gasteiger partial charge in [0, 0.05) is 5.57 Å². The molecule has 0 aromatic carbocycles. The zero-order chi connectivity index (χ0) is 8.39. The van der Waals surface area contributed by atoms with E-state index < -0.39 is 6.29 Å². The summed E-state index contributed by atoms with van der Waals surface area (Å²) >= 11 is 0. The number of hydrogen-bond donors (Lipinski definition) is 1. The topological polar surface area (TPSA) is 55.5 Å². The first-order chi connectivity index (χ1) is 5.88. The van der Waals surface area contributed by atoms with Crippen molar-refractivity contribution in [3.8, 4) is 0 Å². The number of ether oxygens (including phenoxy) is 1. The Balaban J connectivity index is 2.34. The third kappa shape index (κ3) is 1.12. The van der Waals surface area contributed by atoms with E-state index in [4.69, 9.17) is 4.74 Å². The van der Waals surface area contributed by atoms with Crippen molar-refractivity contribution < 1.29 is 14.3 Å². The van der Waals surface area contributed by atoms with Gasteiger partial charge in [0.1, 0.15) is 12.0 Å². The fourth-order valence-corrected chi connectivity index (χ4v) is 0.947. The molecule has 12 heavy (non-hydrogen) atoms. The third-order valence-corrected chi connectivity index (χ3v) is 1.51. The molecule has 0 amide bonds. The Labute approximate surface area is 68.8 Å². The molecule has 1 radical (unpaired) electrons. The molecule has 2 heterocycles. The van der Waals surface area contributed by atoms with Crippen LogP contribution in [0.25, 0.3) is 5.57 Å². The molecule has 1 aliphatic rings. The van der Waals surface area contributed by atoms with Crippen LogP contribution in [0, 0.1) is 6.39 Å². The minimum absolute atomic E-state index is 0.534. The summed E-state index contributed by atoms with van der Waals surface area (Å²) < 4.78 is 9.47. The molecule has 0 spiro atoms. The maximum absolute atomic E-state index is 9.30. The molecule has 2 rings (SSSR count). The van der Waals surface area contributed by atoms with Crippen LogP contribution in [0.4, 0.5) is 0 Å². The van der Waals surface area contributed by atoms with Gasteiger partial charge in [0.15, 0.2) is 0 Å². The molecule has 0 saturated heterocycles. The maximum atomic E-state index is 9.30. The molecule has 1 aliphatic heterocycles. The first kappa shape index (κ1) is 7.12. The fourth-order valence-electron chi connectivity index (χ4n) is 0.947. The van der Waals surface area contributed by atoms with Crippen molar-refractivity contribution in [2.75, 3.05) is 0 Å². The molecule has 1 atom stereocenters. The van der Waals surface area contributed by atoms with Crippen molar-refractivity contribution >= 4 is 5.57 Å². The van der Waals surface area contributed by atoms with Crippen LogP contribution in [0.3, 0.4) is 0 Å². The standard InChI is InChI=1S/C8H6NO3/c10-8-6(2-1-3-12-8)7-4-11-5-9-7/h1-4,8,10H. The lowest BCUT2D eigenvalue weighted by molar-refractivity contribution is -0.00470. The number of nitrogens with zero attached hydrogens (tertiary/aromatic N) is 1. The first-order valence-corrected chi connectivity index (χ1v) is 3.40. The van der Waals surface area contributed by atoms with Crippen LogP contribution in [-0.2, 0) is 4.74 Å². The largest absolute Gasteiger partial charge is 0.468 e. The van der Waals surface area contributed by atoms with E-state index in [9.17, 15) is 5.11 Å². The lowest BCUT2D eigenvalue weighted by Crippen LogP contribution is -2.13. The van der Waals surface area contributed by atoms with Gasteiger partial charge in [-0.3, -0.25) is 0 Å². The van der Waals surface area contributed by atoms with E-state index in [-0.39, 0.29) is 0 Å². The SMILES string of the molecule is OC1OC=CC=C1c1co[c]n1. The highest BCUT2D eigenvalue weighted by molar-refractivity contribution is 5.66. The summed E-state index contributed by atoms with van der Waals surface area (Å²) in [6, 6.07) is 0. The molecule has 4 heteroatoms. The highest BCUT2D eigenvalue weighted by Crippen LogP contribution is 2.20. The molecule has 4 nitrogen and oxygen atoms in total. The Kier molecular flexibility index (Phi) is 1.68. The summed E-state index contributed by atoms with van der Waals surface area (Å²) in [7, 11) is 0. The van der Waals surface area contributed by atoms with Gasteiger partial charge in [-0.2, -0.15) is 0 Å². The molecule has 1 aromatic rings. The van der Waals surface area contributed by atoms with Gasteiger partial charge in [0.05, 0.1) is 6.26 Å². The predicted molar refractivity (Wildman–Crippen MR) is 39.5 cm³/mol. The summed E-state index contributed by atoms with van der Waals surface area (Å²) in [5.41, 5.74) is 1.11. The summed E-state index contributed by atoms with van der Waals surface area (Å²) in [5.74, 6) is 0. The predicted octanol–water partition coefficient (Wildman–Crippen LogP) is 0.720. The van der Waals surface area contributed by atoms with Crippen LogP contribution in [0.5, 0.6) is 0 Å². The lowest BCUT2D eigenvalue weighted by Gasteiger charge is -2.14. The van der Waals surface area contributed by atoms with E-state index in [2.05, 4.69) is 15.8 Å². The summed E-state index contributed by atoms with van der Waals surface area (Å²) in [4.78, 5) is 3.76. The van der Waals surface area contributed by atoms with Gasteiger partial charge in [0.2, 0.25) is 6.29 Å². The smallest absolute Gasteiger partial charge is 0.284 e. The summed E-state index contributed by atoms with van der Waals surface area (Å²) in [6.45, 7) is 0. The highest BCUT2D eigenvalue weighted by Gasteiger charge is 2.16. The average molecular weight is 164 g/mol. The van der Waals surface area contributed by atoms with Gasteiger partial charge in [-0.05, 0) is 12.2 Å². The van der Waals surface area contributed by atoms with E-state index in [1.165, 1.54) is 12.5 Å². The molecule has 1 aromatic heterocycles. The summed E-state index contributed by atoms with van der Waals surface area (Å²) in [5, 5.41) is 9.30. The van der Waals surface area contributed by atoms with Gasteiger partial charge < -0.3 is 14.3 Å². The Morgan fingerprint density at radius 2 is 2.50 bits per heavy atom.